The van der Waals surface area contributed by atoms with E-state index >= 15 is 0 Å². The van der Waals surface area contributed by atoms with Crippen molar-refractivity contribution in [3.05, 3.63) is 28.8 Å². The van der Waals surface area contributed by atoms with Gasteiger partial charge < -0.3 is 20.6 Å². The molecular formula is C15H18ClN3O4. The highest BCUT2D eigenvalue weighted by Gasteiger charge is 2.28. The Hall–Kier alpha value is -2.28. The summed E-state index contributed by atoms with van der Waals surface area (Å²) in [6.45, 7) is 0.649. The first-order chi connectivity index (χ1) is 10.9. The second-order valence-corrected chi connectivity index (χ2v) is 5.73. The molecule has 1 fully saturated rings. The van der Waals surface area contributed by atoms with Crippen LogP contribution in [0.1, 0.15) is 23.2 Å². The first kappa shape index (κ1) is 17.1. The highest BCUT2D eigenvalue weighted by molar-refractivity contribution is 6.33. The van der Waals surface area contributed by atoms with E-state index in [1.54, 1.807) is 6.07 Å². The average molecular weight is 340 g/mol. The van der Waals surface area contributed by atoms with Gasteiger partial charge in [0.2, 0.25) is 0 Å². The number of carbonyl (C=O) groups is 3. The number of halogens is 1. The molecule has 1 unspecified atom stereocenters. The van der Waals surface area contributed by atoms with E-state index in [9.17, 15) is 14.4 Å². The molecule has 1 saturated heterocycles. The first-order valence-electron chi connectivity index (χ1n) is 7.22. The molecule has 3 N–H and O–H groups in total. The van der Waals surface area contributed by atoms with Crippen molar-refractivity contribution in [1.82, 2.24) is 10.2 Å². The van der Waals surface area contributed by atoms with Crippen LogP contribution in [0.5, 0.6) is 0 Å². The van der Waals surface area contributed by atoms with Crippen molar-refractivity contribution in [3.63, 3.8) is 0 Å². The van der Waals surface area contributed by atoms with Crippen LogP contribution in [0.2, 0.25) is 5.02 Å². The van der Waals surface area contributed by atoms with Crippen LogP contribution in [-0.2, 0) is 4.79 Å². The van der Waals surface area contributed by atoms with Gasteiger partial charge in [0.15, 0.2) is 0 Å². The molecule has 1 aromatic rings. The zero-order chi connectivity index (χ0) is 17.0. The summed E-state index contributed by atoms with van der Waals surface area (Å²) in [5, 5.41) is 14.5. The van der Waals surface area contributed by atoms with E-state index in [1.807, 2.05) is 0 Å². The maximum atomic E-state index is 12.3. The fourth-order valence-electron chi connectivity index (χ4n) is 2.46. The average Bonchev–Trinajstić information content (AvgIpc) is 2.56. The van der Waals surface area contributed by atoms with Crippen LogP contribution in [0.25, 0.3) is 0 Å². The molecule has 1 aliphatic heterocycles. The molecule has 0 saturated carbocycles. The van der Waals surface area contributed by atoms with Gasteiger partial charge >= 0.3 is 12.0 Å². The molecule has 1 aromatic carbocycles. The van der Waals surface area contributed by atoms with E-state index < -0.39 is 17.9 Å². The van der Waals surface area contributed by atoms with Crippen LogP contribution in [0, 0.1) is 5.92 Å². The number of aliphatic carboxylic acids is 1. The molecule has 0 spiro atoms. The maximum absolute atomic E-state index is 12.3. The van der Waals surface area contributed by atoms with Crippen LogP contribution in [-0.4, -0.2) is 48.1 Å². The molecule has 1 atom stereocenters. The Morgan fingerprint density at radius 3 is 2.74 bits per heavy atom. The molecule has 23 heavy (non-hydrogen) atoms. The van der Waals surface area contributed by atoms with Gasteiger partial charge in [-0.25, -0.2) is 4.79 Å². The number of nitrogens with one attached hydrogen (secondary N) is 2. The van der Waals surface area contributed by atoms with Gasteiger partial charge in [-0.15, -0.1) is 0 Å². The predicted molar refractivity (Wildman–Crippen MR) is 85.8 cm³/mol. The predicted octanol–water partition coefficient (Wildman–Crippen LogP) is 2.03. The summed E-state index contributed by atoms with van der Waals surface area (Å²) in [6, 6.07) is 4.14. The molecule has 7 nitrogen and oxygen atoms in total. The van der Waals surface area contributed by atoms with Crippen LogP contribution in [0.4, 0.5) is 10.5 Å². The number of hydrogen-bond donors (Lipinski definition) is 3. The zero-order valence-corrected chi connectivity index (χ0v) is 13.4. The fraction of sp³-hybridized carbons (Fsp3) is 0.400. The fourth-order valence-corrected chi connectivity index (χ4v) is 2.63. The number of carboxylic acid groups (broad SMARTS) is 1. The Morgan fingerprint density at radius 1 is 1.35 bits per heavy atom. The number of carboxylic acids is 1. The van der Waals surface area contributed by atoms with Crippen molar-refractivity contribution in [2.75, 3.05) is 25.5 Å². The number of piperidine rings is 1. The van der Waals surface area contributed by atoms with Crippen molar-refractivity contribution >= 4 is 35.2 Å². The normalized spacial score (nSPS) is 17.5. The first-order valence-corrected chi connectivity index (χ1v) is 7.60. The SMILES string of the molecule is CNC(=O)c1ccc(Cl)c(NC(=O)N2CCCC(C(=O)O)C2)c1. The van der Waals surface area contributed by atoms with Crippen molar-refractivity contribution in [2.45, 2.75) is 12.8 Å². The van der Waals surface area contributed by atoms with Crippen LogP contribution >= 0.6 is 11.6 Å². The smallest absolute Gasteiger partial charge is 0.321 e. The molecule has 0 aromatic heterocycles. The number of nitrogens with zero attached hydrogens (tertiary/aromatic N) is 1. The number of urea groups is 1. The molecule has 1 heterocycles. The van der Waals surface area contributed by atoms with Gasteiger partial charge in [0.25, 0.3) is 5.91 Å². The van der Waals surface area contributed by atoms with E-state index in [1.165, 1.54) is 24.1 Å². The Bertz CT molecular complexity index is 635. The zero-order valence-electron chi connectivity index (χ0n) is 12.6. The summed E-state index contributed by atoms with van der Waals surface area (Å²) >= 11 is 6.05. The monoisotopic (exact) mass is 339 g/mol. The van der Waals surface area contributed by atoms with Crippen LogP contribution < -0.4 is 10.6 Å². The van der Waals surface area contributed by atoms with Gasteiger partial charge in [-0.05, 0) is 31.0 Å². The van der Waals surface area contributed by atoms with Gasteiger partial charge in [0, 0.05) is 25.7 Å². The highest BCUT2D eigenvalue weighted by atomic mass is 35.5. The molecule has 0 bridgehead atoms. The van der Waals surface area contributed by atoms with Crippen LogP contribution in [0.15, 0.2) is 18.2 Å². The number of likely N-dealkylation sites (tertiary alicyclic amines) is 1. The largest absolute Gasteiger partial charge is 0.481 e. The molecule has 2 rings (SSSR count). The van der Waals surface area contributed by atoms with Crippen molar-refractivity contribution in [2.24, 2.45) is 5.92 Å². The number of rotatable bonds is 3. The topological polar surface area (TPSA) is 98.7 Å². The summed E-state index contributed by atoms with van der Waals surface area (Å²) in [6.07, 6.45) is 1.20. The minimum atomic E-state index is -0.901. The highest BCUT2D eigenvalue weighted by Crippen LogP contribution is 2.24. The lowest BCUT2D eigenvalue weighted by Crippen LogP contribution is -2.44. The summed E-state index contributed by atoms with van der Waals surface area (Å²) in [5.74, 6) is -1.74. The molecule has 0 aliphatic carbocycles. The molecule has 124 valence electrons. The Balaban J connectivity index is 2.10. The number of anilines is 1. The standard InChI is InChI=1S/C15H18ClN3O4/c1-17-13(20)9-4-5-11(16)12(7-9)18-15(23)19-6-2-3-10(8-19)14(21)22/h4-5,7,10H,2-3,6,8H2,1H3,(H,17,20)(H,18,23)(H,21,22). The Kier molecular flexibility index (Phi) is 5.44. The van der Waals surface area contributed by atoms with Gasteiger partial charge in [0.05, 0.1) is 16.6 Å². The minimum Gasteiger partial charge on any atom is -0.481 e. The molecule has 8 heteroatoms. The number of hydrogen-bond acceptors (Lipinski definition) is 3. The van der Waals surface area contributed by atoms with Gasteiger partial charge in [-0.3, -0.25) is 9.59 Å². The van der Waals surface area contributed by atoms with Crippen molar-refractivity contribution in [1.29, 1.82) is 0 Å². The van der Waals surface area contributed by atoms with E-state index in [0.717, 1.165) is 0 Å². The summed E-state index contributed by atoms with van der Waals surface area (Å²) in [7, 11) is 1.51. The van der Waals surface area contributed by atoms with E-state index in [0.29, 0.717) is 35.7 Å². The third-order valence-corrected chi connectivity index (χ3v) is 4.08. The lowest BCUT2D eigenvalue weighted by atomic mass is 9.99. The second-order valence-electron chi connectivity index (χ2n) is 5.33. The van der Waals surface area contributed by atoms with E-state index in [4.69, 9.17) is 16.7 Å². The summed E-state index contributed by atoms with van der Waals surface area (Å²) in [5.41, 5.74) is 0.685. The third kappa shape index (κ3) is 4.13. The van der Waals surface area contributed by atoms with Crippen LogP contribution in [0.3, 0.4) is 0 Å². The lowest BCUT2D eigenvalue weighted by Gasteiger charge is -2.30. The van der Waals surface area contributed by atoms with Gasteiger partial charge in [0.1, 0.15) is 0 Å². The van der Waals surface area contributed by atoms with E-state index in [-0.39, 0.29) is 12.5 Å². The second kappa shape index (κ2) is 7.32. The third-order valence-electron chi connectivity index (χ3n) is 3.76. The maximum Gasteiger partial charge on any atom is 0.321 e. The number of benzene rings is 1. The van der Waals surface area contributed by atoms with Crippen molar-refractivity contribution < 1.29 is 19.5 Å². The van der Waals surface area contributed by atoms with Gasteiger partial charge in [-0.2, -0.15) is 0 Å². The number of amides is 3. The van der Waals surface area contributed by atoms with Crippen molar-refractivity contribution in [3.8, 4) is 0 Å². The van der Waals surface area contributed by atoms with E-state index in [2.05, 4.69) is 10.6 Å². The minimum absolute atomic E-state index is 0.161. The summed E-state index contributed by atoms with van der Waals surface area (Å²) in [4.78, 5) is 36.5. The molecule has 3 amide bonds. The lowest BCUT2D eigenvalue weighted by molar-refractivity contribution is -0.143. The quantitative estimate of drug-likeness (QED) is 0.784. The molecule has 0 radical (unpaired) electrons. The molecule has 1 aliphatic rings. The Morgan fingerprint density at radius 2 is 2.09 bits per heavy atom. The molecular weight excluding hydrogens is 322 g/mol. The van der Waals surface area contributed by atoms with Gasteiger partial charge in [-0.1, -0.05) is 11.6 Å². The summed E-state index contributed by atoms with van der Waals surface area (Å²) < 4.78 is 0. The Labute approximate surface area is 138 Å². The number of carbonyl (C=O) groups excluding carboxylic acids is 2.